The second-order valence-corrected chi connectivity index (χ2v) is 9.45. The lowest BCUT2D eigenvalue weighted by atomic mass is 10.0. The van der Waals surface area contributed by atoms with E-state index >= 15 is 0 Å². The SMILES string of the molecule is CCn1c(N2CCCCC2)c(/C=C2\SC(=S)N(CCCC(=O)O)C2=O)c(C)c(C#N)c1=O. The summed E-state index contributed by atoms with van der Waals surface area (Å²) in [6, 6.07) is 2.04. The lowest BCUT2D eigenvalue weighted by Crippen LogP contribution is -2.37. The molecule has 1 aromatic rings. The number of carbonyl (C=O) groups is 2. The van der Waals surface area contributed by atoms with Crippen molar-refractivity contribution in [2.45, 2.75) is 52.5 Å². The summed E-state index contributed by atoms with van der Waals surface area (Å²) in [5.41, 5.74) is 1.01. The van der Waals surface area contributed by atoms with Gasteiger partial charge >= 0.3 is 5.97 Å². The Morgan fingerprint density at radius 2 is 1.97 bits per heavy atom. The Hall–Kier alpha value is -2.64. The first-order valence-electron chi connectivity index (χ1n) is 10.7. The van der Waals surface area contributed by atoms with Gasteiger partial charge in [0.25, 0.3) is 11.5 Å². The minimum atomic E-state index is -0.918. The van der Waals surface area contributed by atoms with Crippen molar-refractivity contribution < 1.29 is 14.7 Å². The third-order valence-corrected chi connectivity index (χ3v) is 7.12. The molecule has 8 nitrogen and oxygen atoms in total. The van der Waals surface area contributed by atoms with Crippen LogP contribution in [0.5, 0.6) is 0 Å². The third kappa shape index (κ3) is 4.74. The van der Waals surface area contributed by atoms with E-state index in [1.54, 1.807) is 17.6 Å². The van der Waals surface area contributed by atoms with Crippen molar-refractivity contribution in [3.8, 4) is 6.07 Å². The molecule has 0 saturated carbocycles. The Kier molecular flexibility index (Phi) is 7.74. The average molecular weight is 475 g/mol. The minimum absolute atomic E-state index is 0.0404. The van der Waals surface area contributed by atoms with Gasteiger partial charge in [0, 0.05) is 38.2 Å². The largest absolute Gasteiger partial charge is 0.481 e. The van der Waals surface area contributed by atoms with Gasteiger partial charge in [-0.2, -0.15) is 5.26 Å². The monoisotopic (exact) mass is 474 g/mol. The molecular formula is C22H26N4O4S2. The number of thiocarbonyl (C=S) groups is 1. The zero-order valence-electron chi connectivity index (χ0n) is 18.2. The smallest absolute Gasteiger partial charge is 0.303 e. The Labute approximate surface area is 196 Å². The molecule has 2 saturated heterocycles. The molecule has 1 amide bonds. The number of aromatic nitrogens is 1. The summed E-state index contributed by atoms with van der Waals surface area (Å²) < 4.78 is 2.00. The highest BCUT2D eigenvalue weighted by Crippen LogP contribution is 2.36. The van der Waals surface area contributed by atoms with Crippen LogP contribution in [0.1, 0.15) is 55.7 Å². The van der Waals surface area contributed by atoms with Crippen molar-refractivity contribution in [1.82, 2.24) is 9.47 Å². The van der Waals surface area contributed by atoms with Crippen molar-refractivity contribution in [1.29, 1.82) is 5.26 Å². The number of hydrogen-bond acceptors (Lipinski definition) is 7. The molecule has 2 fully saturated rings. The van der Waals surface area contributed by atoms with E-state index in [-0.39, 0.29) is 30.0 Å². The fourth-order valence-corrected chi connectivity index (χ4v) is 5.39. The van der Waals surface area contributed by atoms with Crippen molar-refractivity contribution >= 4 is 52.1 Å². The van der Waals surface area contributed by atoms with Gasteiger partial charge in [-0.25, -0.2) is 0 Å². The number of amides is 1. The van der Waals surface area contributed by atoms with Gasteiger partial charge in [0.15, 0.2) is 0 Å². The van der Waals surface area contributed by atoms with Crippen LogP contribution in [0.4, 0.5) is 5.82 Å². The fraction of sp³-hybridized carbons (Fsp3) is 0.500. The summed E-state index contributed by atoms with van der Waals surface area (Å²) in [7, 11) is 0. The van der Waals surface area contributed by atoms with E-state index in [1.807, 2.05) is 13.0 Å². The average Bonchev–Trinajstić information content (AvgIpc) is 3.03. The van der Waals surface area contributed by atoms with E-state index < -0.39 is 5.97 Å². The molecule has 0 unspecified atom stereocenters. The second kappa shape index (κ2) is 10.3. The van der Waals surface area contributed by atoms with Crippen molar-refractivity contribution in [3.63, 3.8) is 0 Å². The number of rotatable bonds is 7. The Bertz CT molecular complexity index is 1080. The van der Waals surface area contributed by atoms with E-state index in [0.29, 0.717) is 33.3 Å². The number of anilines is 1. The number of thioether (sulfide) groups is 1. The molecule has 2 aliphatic rings. The number of carboxylic acids is 1. The molecule has 0 spiro atoms. The lowest BCUT2D eigenvalue weighted by molar-refractivity contribution is -0.137. The molecule has 3 rings (SSSR count). The highest BCUT2D eigenvalue weighted by atomic mass is 32.2. The molecule has 32 heavy (non-hydrogen) atoms. The standard InChI is InChI=1S/C22H26N4O4S2/c1-3-25-19(24-9-5-4-6-10-24)15(14(2)16(13-23)20(25)29)12-17-21(30)26(22(31)32-17)11-7-8-18(27)28/h12H,3-11H2,1-2H3,(H,27,28)/b17-12-. The molecule has 170 valence electrons. The topological polar surface area (TPSA) is 107 Å². The number of piperidine rings is 1. The molecule has 3 heterocycles. The number of nitrogens with zero attached hydrogens (tertiary/aromatic N) is 4. The minimum Gasteiger partial charge on any atom is -0.481 e. The maximum absolute atomic E-state index is 13.0. The Morgan fingerprint density at radius 3 is 2.56 bits per heavy atom. The maximum Gasteiger partial charge on any atom is 0.303 e. The molecule has 2 aliphatic heterocycles. The van der Waals surface area contributed by atoms with Crippen LogP contribution in [0.2, 0.25) is 0 Å². The van der Waals surface area contributed by atoms with Crippen molar-refractivity contribution in [2.75, 3.05) is 24.5 Å². The Morgan fingerprint density at radius 1 is 1.28 bits per heavy atom. The summed E-state index contributed by atoms with van der Waals surface area (Å²) in [5.74, 6) is -0.453. The molecular weight excluding hydrogens is 448 g/mol. The molecule has 0 bridgehead atoms. The van der Waals surface area contributed by atoms with Crippen LogP contribution >= 0.6 is 24.0 Å². The van der Waals surface area contributed by atoms with Gasteiger partial charge in [-0.15, -0.1) is 0 Å². The first-order chi connectivity index (χ1) is 15.3. The fourth-order valence-electron chi connectivity index (χ4n) is 4.10. The zero-order chi connectivity index (χ0) is 23.4. The number of carboxylic acid groups (broad SMARTS) is 1. The maximum atomic E-state index is 13.0. The predicted molar refractivity (Wildman–Crippen MR) is 129 cm³/mol. The van der Waals surface area contributed by atoms with E-state index in [9.17, 15) is 19.6 Å². The van der Waals surface area contributed by atoms with E-state index in [4.69, 9.17) is 17.3 Å². The number of carbonyl (C=O) groups excluding carboxylic acids is 1. The van der Waals surface area contributed by atoms with Crippen LogP contribution in [-0.4, -0.2) is 50.4 Å². The summed E-state index contributed by atoms with van der Waals surface area (Å²) >= 11 is 6.52. The van der Waals surface area contributed by atoms with Crippen LogP contribution in [0.15, 0.2) is 9.70 Å². The van der Waals surface area contributed by atoms with Gasteiger partial charge in [0.1, 0.15) is 21.8 Å². The first kappa shape index (κ1) is 24.0. The zero-order valence-corrected chi connectivity index (χ0v) is 19.9. The van der Waals surface area contributed by atoms with Gasteiger partial charge < -0.3 is 10.0 Å². The van der Waals surface area contributed by atoms with Gasteiger partial charge in [-0.1, -0.05) is 24.0 Å². The quantitative estimate of drug-likeness (QED) is 0.475. The molecule has 1 aromatic heterocycles. The predicted octanol–water partition coefficient (Wildman–Crippen LogP) is 3.10. The molecule has 1 N–H and O–H groups in total. The van der Waals surface area contributed by atoms with Crippen LogP contribution in [0.3, 0.4) is 0 Å². The van der Waals surface area contributed by atoms with Crippen LogP contribution < -0.4 is 10.5 Å². The van der Waals surface area contributed by atoms with Crippen LogP contribution in [-0.2, 0) is 16.1 Å². The van der Waals surface area contributed by atoms with Crippen molar-refractivity contribution in [2.24, 2.45) is 0 Å². The van der Waals surface area contributed by atoms with Crippen LogP contribution in [0, 0.1) is 18.3 Å². The highest BCUT2D eigenvalue weighted by Gasteiger charge is 2.33. The molecule has 0 aromatic carbocycles. The number of hydrogen-bond donors (Lipinski definition) is 1. The van der Waals surface area contributed by atoms with Gasteiger partial charge in [-0.05, 0) is 51.2 Å². The number of pyridine rings is 1. The summed E-state index contributed by atoms with van der Waals surface area (Å²) in [6.07, 6.45) is 5.17. The summed E-state index contributed by atoms with van der Waals surface area (Å²) in [5, 5.41) is 18.5. The molecule has 0 atom stereocenters. The third-order valence-electron chi connectivity index (χ3n) is 5.74. The van der Waals surface area contributed by atoms with E-state index in [2.05, 4.69) is 4.90 Å². The van der Waals surface area contributed by atoms with Gasteiger partial charge in [0.05, 0.1) is 4.91 Å². The second-order valence-electron chi connectivity index (χ2n) is 7.78. The van der Waals surface area contributed by atoms with E-state index in [0.717, 1.165) is 49.9 Å². The molecule has 10 heteroatoms. The van der Waals surface area contributed by atoms with E-state index in [1.165, 1.54) is 4.90 Å². The Balaban J connectivity index is 2.08. The van der Waals surface area contributed by atoms with Crippen molar-refractivity contribution in [3.05, 3.63) is 31.9 Å². The number of aliphatic carboxylic acids is 1. The molecule has 0 radical (unpaired) electrons. The summed E-state index contributed by atoms with van der Waals surface area (Å²) in [6.45, 7) is 5.88. The van der Waals surface area contributed by atoms with Gasteiger partial charge in [-0.3, -0.25) is 23.9 Å². The summed E-state index contributed by atoms with van der Waals surface area (Å²) in [4.78, 5) is 40.8. The molecule has 0 aliphatic carbocycles. The van der Waals surface area contributed by atoms with Gasteiger partial charge in [0.2, 0.25) is 0 Å². The van der Waals surface area contributed by atoms with Crippen LogP contribution in [0.25, 0.3) is 6.08 Å². The normalized spacial score (nSPS) is 17.8. The number of nitriles is 1. The highest BCUT2D eigenvalue weighted by molar-refractivity contribution is 8.26. The first-order valence-corrected chi connectivity index (χ1v) is 11.9. The lowest BCUT2D eigenvalue weighted by Gasteiger charge is -2.33.